The number of likely N-dealkylation sites (N-methyl/N-ethyl adjacent to an activating group) is 1. The molecule has 2 rings (SSSR count). The monoisotopic (exact) mass is 293 g/mol. The number of amides is 1. The minimum Gasteiger partial charge on any atom is -0.391 e. The Hall–Kier alpha value is -1.32. The molecule has 0 saturated heterocycles. The van der Waals surface area contributed by atoms with Gasteiger partial charge in [0.1, 0.15) is 0 Å². The summed E-state index contributed by atoms with van der Waals surface area (Å²) in [5.74, 6) is -0.101. The Morgan fingerprint density at radius 3 is 2.75 bits per heavy atom. The molecule has 4 heteroatoms. The molecule has 1 aromatic carbocycles. The first-order valence-electron chi connectivity index (χ1n) is 6.97. The summed E-state index contributed by atoms with van der Waals surface area (Å²) < 4.78 is 0. The Bertz CT molecular complexity index is 501. The van der Waals surface area contributed by atoms with Crippen molar-refractivity contribution in [2.24, 2.45) is 0 Å². The van der Waals surface area contributed by atoms with E-state index < -0.39 is 6.10 Å². The fourth-order valence-corrected chi connectivity index (χ4v) is 2.79. The van der Waals surface area contributed by atoms with Crippen LogP contribution in [0.4, 0.5) is 0 Å². The van der Waals surface area contributed by atoms with Gasteiger partial charge < -0.3 is 10.0 Å². The predicted molar refractivity (Wildman–Crippen MR) is 81.5 cm³/mol. The Morgan fingerprint density at radius 1 is 1.35 bits per heavy atom. The van der Waals surface area contributed by atoms with E-state index in [9.17, 15) is 9.90 Å². The van der Waals surface area contributed by atoms with Crippen LogP contribution in [0.1, 0.15) is 31.2 Å². The summed E-state index contributed by atoms with van der Waals surface area (Å²) in [5, 5.41) is 10.6. The predicted octanol–water partition coefficient (Wildman–Crippen LogP) is 3.12. The van der Waals surface area contributed by atoms with Crippen LogP contribution in [0.2, 0.25) is 5.02 Å². The molecular weight excluding hydrogens is 274 g/mol. The molecule has 3 nitrogen and oxygen atoms in total. The molecule has 0 aromatic heterocycles. The second kappa shape index (κ2) is 6.91. The molecule has 1 fully saturated rings. The van der Waals surface area contributed by atoms with Crippen molar-refractivity contribution in [3.63, 3.8) is 0 Å². The highest BCUT2D eigenvalue weighted by Crippen LogP contribution is 2.23. The van der Waals surface area contributed by atoms with Crippen molar-refractivity contribution in [2.45, 2.75) is 37.8 Å². The smallest absolute Gasteiger partial charge is 0.246 e. The maximum atomic E-state index is 12.2. The minimum absolute atomic E-state index is 0.0767. The van der Waals surface area contributed by atoms with E-state index in [1.807, 2.05) is 18.2 Å². The van der Waals surface area contributed by atoms with Crippen molar-refractivity contribution in [3.05, 3.63) is 40.9 Å². The third-order valence-electron chi connectivity index (χ3n) is 3.85. The molecule has 0 aliphatic heterocycles. The number of rotatable bonds is 3. The fraction of sp³-hybridized carbons (Fsp3) is 0.438. The van der Waals surface area contributed by atoms with Crippen molar-refractivity contribution in [1.29, 1.82) is 0 Å². The fourth-order valence-electron chi connectivity index (χ4n) is 2.60. The number of hydrogen-bond acceptors (Lipinski definition) is 2. The third kappa shape index (κ3) is 3.62. The van der Waals surface area contributed by atoms with Crippen molar-refractivity contribution in [2.75, 3.05) is 7.05 Å². The second-order valence-corrected chi connectivity index (χ2v) is 5.63. The lowest BCUT2D eigenvalue weighted by atomic mass is 9.91. The maximum absolute atomic E-state index is 12.2. The Morgan fingerprint density at radius 2 is 2.05 bits per heavy atom. The summed E-state index contributed by atoms with van der Waals surface area (Å²) in [7, 11) is 1.75. The van der Waals surface area contributed by atoms with Gasteiger partial charge in [-0.1, -0.05) is 42.6 Å². The summed E-state index contributed by atoms with van der Waals surface area (Å²) in [5.41, 5.74) is 0.820. The molecule has 1 amide bonds. The topological polar surface area (TPSA) is 40.5 Å². The molecule has 1 aromatic rings. The summed E-state index contributed by atoms with van der Waals surface area (Å²) in [6.07, 6.45) is 6.56. The lowest BCUT2D eigenvalue weighted by molar-refractivity contribution is -0.130. The van der Waals surface area contributed by atoms with E-state index in [0.29, 0.717) is 5.02 Å². The van der Waals surface area contributed by atoms with E-state index in [2.05, 4.69) is 0 Å². The molecule has 2 atom stereocenters. The van der Waals surface area contributed by atoms with Gasteiger partial charge in [-0.3, -0.25) is 4.79 Å². The normalized spacial score (nSPS) is 22.9. The lowest BCUT2D eigenvalue weighted by Gasteiger charge is -2.34. The summed E-state index contributed by atoms with van der Waals surface area (Å²) in [6, 6.07) is 7.31. The maximum Gasteiger partial charge on any atom is 0.246 e. The van der Waals surface area contributed by atoms with E-state index >= 15 is 0 Å². The third-order valence-corrected chi connectivity index (χ3v) is 4.19. The molecule has 0 bridgehead atoms. The SMILES string of the molecule is CN(C(=O)/C=C/c1ccccc1Cl)C1CCCCC1O. The Kier molecular flexibility index (Phi) is 5.21. The number of nitrogens with zero attached hydrogens (tertiary/aromatic N) is 1. The van der Waals surface area contributed by atoms with Crippen LogP contribution >= 0.6 is 11.6 Å². The van der Waals surface area contributed by atoms with Gasteiger partial charge >= 0.3 is 0 Å². The Labute approximate surface area is 124 Å². The zero-order valence-corrected chi connectivity index (χ0v) is 12.4. The number of carbonyl (C=O) groups is 1. The lowest BCUT2D eigenvalue weighted by Crippen LogP contribution is -2.45. The summed E-state index contributed by atoms with van der Waals surface area (Å²) in [4.78, 5) is 13.8. The van der Waals surface area contributed by atoms with Gasteiger partial charge in [0.15, 0.2) is 0 Å². The van der Waals surface area contributed by atoms with Gasteiger partial charge in [-0.15, -0.1) is 0 Å². The highest BCUT2D eigenvalue weighted by atomic mass is 35.5. The van der Waals surface area contributed by atoms with Crippen molar-refractivity contribution < 1.29 is 9.90 Å². The number of aliphatic hydroxyl groups is 1. The largest absolute Gasteiger partial charge is 0.391 e. The van der Waals surface area contributed by atoms with E-state index in [4.69, 9.17) is 11.6 Å². The van der Waals surface area contributed by atoms with Crippen molar-refractivity contribution in [3.8, 4) is 0 Å². The molecule has 0 radical (unpaired) electrons. The van der Waals surface area contributed by atoms with Crippen LogP contribution in [-0.4, -0.2) is 35.1 Å². The van der Waals surface area contributed by atoms with E-state index in [1.54, 1.807) is 24.1 Å². The van der Waals surface area contributed by atoms with Crippen LogP contribution in [0.15, 0.2) is 30.3 Å². The zero-order valence-electron chi connectivity index (χ0n) is 11.6. The van der Waals surface area contributed by atoms with Crippen molar-refractivity contribution in [1.82, 2.24) is 4.90 Å². The summed E-state index contributed by atoms with van der Waals surface area (Å²) >= 11 is 6.04. The number of hydrogen-bond donors (Lipinski definition) is 1. The number of halogens is 1. The van der Waals surface area contributed by atoms with Crippen molar-refractivity contribution >= 4 is 23.6 Å². The van der Waals surface area contributed by atoms with Gasteiger partial charge in [0.2, 0.25) is 5.91 Å². The molecular formula is C16H20ClNO2. The zero-order chi connectivity index (χ0) is 14.5. The molecule has 1 N–H and O–H groups in total. The average molecular weight is 294 g/mol. The molecule has 1 aliphatic rings. The van der Waals surface area contributed by atoms with E-state index in [1.165, 1.54) is 6.08 Å². The van der Waals surface area contributed by atoms with Crippen LogP contribution in [0.3, 0.4) is 0 Å². The van der Waals surface area contributed by atoms with Gasteiger partial charge in [0, 0.05) is 18.1 Å². The van der Waals surface area contributed by atoms with Crippen LogP contribution in [0.5, 0.6) is 0 Å². The van der Waals surface area contributed by atoms with Crippen LogP contribution in [0, 0.1) is 0 Å². The molecule has 20 heavy (non-hydrogen) atoms. The standard InChI is InChI=1S/C16H20ClNO2/c1-18(14-8-4-5-9-15(14)19)16(20)11-10-12-6-2-3-7-13(12)17/h2-3,6-7,10-11,14-15,19H,4-5,8-9H2,1H3/b11-10+. The summed E-state index contributed by atoms with van der Waals surface area (Å²) in [6.45, 7) is 0. The molecule has 0 heterocycles. The molecule has 108 valence electrons. The highest BCUT2D eigenvalue weighted by Gasteiger charge is 2.28. The number of aliphatic hydroxyl groups excluding tert-OH is 1. The molecule has 0 spiro atoms. The second-order valence-electron chi connectivity index (χ2n) is 5.22. The van der Waals surface area contributed by atoms with Crippen LogP contribution < -0.4 is 0 Å². The highest BCUT2D eigenvalue weighted by molar-refractivity contribution is 6.32. The quantitative estimate of drug-likeness (QED) is 0.870. The molecule has 1 aliphatic carbocycles. The van der Waals surface area contributed by atoms with Gasteiger partial charge in [-0.2, -0.15) is 0 Å². The average Bonchev–Trinajstić information content (AvgIpc) is 2.46. The van der Waals surface area contributed by atoms with Gasteiger partial charge in [-0.25, -0.2) is 0 Å². The first-order valence-corrected chi connectivity index (χ1v) is 7.35. The molecule has 1 saturated carbocycles. The van der Waals surface area contributed by atoms with Gasteiger partial charge in [0.25, 0.3) is 0 Å². The van der Waals surface area contributed by atoms with Crippen LogP contribution in [0.25, 0.3) is 6.08 Å². The van der Waals surface area contributed by atoms with E-state index in [0.717, 1.165) is 31.2 Å². The number of carbonyl (C=O) groups excluding carboxylic acids is 1. The first-order chi connectivity index (χ1) is 9.59. The molecule has 2 unspecified atom stereocenters. The van der Waals surface area contributed by atoms with Crippen LogP contribution in [-0.2, 0) is 4.79 Å². The van der Waals surface area contributed by atoms with E-state index in [-0.39, 0.29) is 11.9 Å². The first kappa shape index (κ1) is 15.1. The van der Waals surface area contributed by atoms with Gasteiger partial charge in [-0.05, 0) is 30.5 Å². The Balaban J connectivity index is 2.02. The number of benzene rings is 1. The minimum atomic E-state index is -0.411. The van der Waals surface area contributed by atoms with Gasteiger partial charge in [0.05, 0.1) is 12.1 Å².